The van der Waals surface area contributed by atoms with Crippen molar-refractivity contribution in [2.24, 2.45) is 0 Å². The van der Waals surface area contributed by atoms with Crippen LogP contribution in [0.1, 0.15) is 22.7 Å². The second kappa shape index (κ2) is 5.75. The van der Waals surface area contributed by atoms with E-state index in [0.29, 0.717) is 10.0 Å². The van der Waals surface area contributed by atoms with Gasteiger partial charge in [0, 0.05) is 10.0 Å². The van der Waals surface area contributed by atoms with Gasteiger partial charge in [-0.15, -0.1) is 0 Å². The second-order valence-corrected chi connectivity index (χ2v) is 5.14. The number of nitrogens with one attached hydrogen (secondary N) is 1. The first kappa shape index (κ1) is 13.4. The highest BCUT2D eigenvalue weighted by Crippen LogP contribution is 2.30. The van der Waals surface area contributed by atoms with Crippen molar-refractivity contribution in [2.45, 2.75) is 13.0 Å². The molecule has 0 amide bonds. The summed E-state index contributed by atoms with van der Waals surface area (Å²) in [5, 5.41) is 4.62. The van der Waals surface area contributed by atoms with E-state index in [1.165, 1.54) is 11.1 Å². The third kappa shape index (κ3) is 2.86. The first-order valence-corrected chi connectivity index (χ1v) is 6.56. The Morgan fingerprint density at radius 2 is 1.67 bits per heavy atom. The molecule has 0 saturated heterocycles. The zero-order valence-electron chi connectivity index (χ0n) is 10.4. The molecule has 0 aromatic heterocycles. The SMILES string of the molecule is CNC(c1ccc(C)cc1)c1ccc(Cl)cc1Cl. The van der Waals surface area contributed by atoms with Crippen molar-refractivity contribution in [1.82, 2.24) is 5.32 Å². The van der Waals surface area contributed by atoms with E-state index >= 15 is 0 Å². The summed E-state index contributed by atoms with van der Waals surface area (Å²) in [5.74, 6) is 0. The maximum atomic E-state index is 6.26. The van der Waals surface area contributed by atoms with Crippen molar-refractivity contribution in [3.05, 3.63) is 69.2 Å². The molecule has 2 rings (SSSR count). The average Bonchev–Trinajstić information content (AvgIpc) is 2.35. The molecule has 94 valence electrons. The molecule has 1 N–H and O–H groups in total. The summed E-state index contributed by atoms with van der Waals surface area (Å²) in [6, 6.07) is 14.1. The van der Waals surface area contributed by atoms with Crippen LogP contribution in [-0.2, 0) is 0 Å². The first-order chi connectivity index (χ1) is 8.61. The van der Waals surface area contributed by atoms with Crippen LogP contribution in [0, 0.1) is 6.92 Å². The lowest BCUT2D eigenvalue weighted by Crippen LogP contribution is -2.18. The van der Waals surface area contributed by atoms with Crippen LogP contribution in [0.4, 0.5) is 0 Å². The molecule has 0 aliphatic heterocycles. The lowest BCUT2D eigenvalue weighted by atomic mass is 9.98. The fourth-order valence-electron chi connectivity index (χ4n) is 2.00. The Morgan fingerprint density at radius 3 is 2.22 bits per heavy atom. The van der Waals surface area contributed by atoms with Gasteiger partial charge in [0.1, 0.15) is 0 Å². The van der Waals surface area contributed by atoms with Gasteiger partial charge in [-0.1, -0.05) is 59.1 Å². The minimum Gasteiger partial charge on any atom is -0.309 e. The Hall–Kier alpha value is -1.02. The van der Waals surface area contributed by atoms with Crippen LogP contribution in [0.15, 0.2) is 42.5 Å². The molecule has 18 heavy (non-hydrogen) atoms. The summed E-state index contributed by atoms with van der Waals surface area (Å²) < 4.78 is 0. The van der Waals surface area contributed by atoms with Crippen molar-refractivity contribution >= 4 is 23.2 Å². The zero-order valence-corrected chi connectivity index (χ0v) is 11.9. The fourth-order valence-corrected chi connectivity index (χ4v) is 2.51. The van der Waals surface area contributed by atoms with Crippen LogP contribution in [0.3, 0.4) is 0 Å². The van der Waals surface area contributed by atoms with Crippen LogP contribution in [0.5, 0.6) is 0 Å². The van der Waals surface area contributed by atoms with Gasteiger partial charge < -0.3 is 5.32 Å². The van der Waals surface area contributed by atoms with Crippen molar-refractivity contribution in [3.8, 4) is 0 Å². The number of benzene rings is 2. The lowest BCUT2D eigenvalue weighted by molar-refractivity contribution is 0.692. The van der Waals surface area contributed by atoms with E-state index < -0.39 is 0 Å². The molecular formula is C15H15Cl2N. The molecule has 0 aliphatic rings. The minimum absolute atomic E-state index is 0.0790. The molecule has 2 aromatic carbocycles. The van der Waals surface area contributed by atoms with Gasteiger partial charge in [-0.25, -0.2) is 0 Å². The normalized spacial score (nSPS) is 12.4. The van der Waals surface area contributed by atoms with Crippen LogP contribution < -0.4 is 5.32 Å². The monoisotopic (exact) mass is 279 g/mol. The number of aryl methyl sites for hydroxylation is 1. The summed E-state index contributed by atoms with van der Waals surface area (Å²) in [6.07, 6.45) is 0. The number of hydrogen-bond acceptors (Lipinski definition) is 1. The number of hydrogen-bond donors (Lipinski definition) is 1. The van der Waals surface area contributed by atoms with E-state index in [0.717, 1.165) is 5.56 Å². The maximum absolute atomic E-state index is 6.26. The Labute approximate surface area is 118 Å². The van der Waals surface area contributed by atoms with Crippen molar-refractivity contribution in [2.75, 3.05) is 7.05 Å². The van der Waals surface area contributed by atoms with Crippen LogP contribution in [0.2, 0.25) is 10.0 Å². The predicted molar refractivity (Wildman–Crippen MR) is 78.5 cm³/mol. The highest BCUT2D eigenvalue weighted by atomic mass is 35.5. The van der Waals surface area contributed by atoms with E-state index in [-0.39, 0.29) is 6.04 Å². The molecule has 3 heteroatoms. The van der Waals surface area contributed by atoms with Gasteiger partial charge >= 0.3 is 0 Å². The molecule has 1 nitrogen and oxygen atoms in total. The van der Waals surface area contributed by atoms with Gasteiger partial charge in [-0.05, 0) is 37.2 Å². The number of halogens is 2. The molecule has 1 atom stereocenters. The number of rotatable bonds is 3. The summed E-state index contributed by atoms with van der Waals surface area (Å²) in [6.45, 7) is 2.08. The van der Waals surface area contributed by atoms with Crippen molar-refractivity contribution in [1.29, 1.82) is 0 Å². The summed E-state index contributed by atoms with van der Waals surface area (Å²) in [7, 11) is 1.93. The quantitative estimate of drug-likeness (QED) is 0.865. The van der Waals surface area contributed by atoms with Gasteiger partial charge in [-0.3, -0.25) is 0 Å². The van der Waals surface area contributed by atoms with Gasteiger partial charge in [0.25, 0.3) is 0 Å². The third-order valence-electron chi connectivity index (χ3n) is 2.97. The van der Waals surface area contributed by atoms with E-state index in [1.807, 2.05) is 19.2 Å². The van der Waals surface area contributed by atoms with Gasteiger partial charge in [0.2, 0.25) is 0 Å². The smallest absolute Gasteiger partial charge is 0.0589 e. The second-order valence-electron chi connectivity index (χ2n) is 4.30. The Bertz CT molecular complexity index is 535. The van der Waals surface area contributed by atoms with Crippen molar-refractivity contribution in [3.63, 3.8) is 0 Å². The molecule has 1 unspecified atom stereocenters. The van der Waals surface area contributed by atoms with Crippen LogP contribution in [-0.4, -0.2) is 7.05 Å². The van der Waals surface area contributed by atoms with E-state index in [9.17, 15) is 0 Å². The van der Waals surface area contributed by atoms with Crippen LogP contribution in [0.25, 0.3) is 0 Å². The molecule has 0 radical (unpaired) electrons. The molecular weight excluding hydrogens is 265 g/mol. The highest BCUT2D eigenvalue weighted by Gasteiger charge is 2.15. The summed E-state index contributed by atoms with van der Waals surface area (Å²) >= 11 is 12.2. The van der Waals surface area contributed by atoms with E-state index in [2.05, 4.69) is 36.5 Å². The van der Waals surface area contributed by atoms with Gasteiger partial charge in [0.05, 0.1) is 6.04 Å². The lowest BCUT2D eigenvalue weighted by Gasteiger charge is -2.19. The summed E-state index contributed by atoms with van der Waals surface area (Å²) in [5.41, 5.74) is 3.47. The zero-order chi connectivity index (χ0) is 13.1. The Kier molecular flexibility index (Phi) is 4.28. The molecule has 0 fully saturated rings. The third-order valence-corrected chi connectivity index (χ3v) is 3.54. The standard InChI is InChI=1S/C15H15Cl2N/c1-10-3-5-11(6-4-10)15(18-2)13-8-7-12(16)9-14(13)17/h3-9,15,18H,1-2H3. The first-order valence-electron chi connectivity index (χ1n) is 5.80. The van der Waals surface area contributed by atoms with Crippen LogP contribution >= 0.6 is 23.2 Å². The molecule has 0 bridgehead atoms. The van der Waals surface area contributed by atoms with E-state index in [1.54, 1.807) is 6.07 Å². The Balaban J connectivity index is 2.41. The molecule has 0 heterocycles. The molecule has 2 aromatic rings. The van der Waals surface area contributed by atoms with Gasteiger partial charge in [0.15, 0.2) is 0 Å². The average molecular weight is 280 g/mol. The van der Waals surface area contributed by atoms with Gasteiger partial charge in [-0.2, -0.15) is 0 Å². The molecule has 0 spiro atoms. The summed E-state index contributed by atoms with van der Waals surface area (Å²) in [4.78, 5) is 0. The molecule has 0 saturated carbocycles. The Morgan fingerprint density at radius 1 is 1.00 bits per heavy atom. The maximum Gasteiger partial charge on any atom is 0.0589 e. The highest BCUT2D eigenvalue weighted by molar-refractivity contribution is 6.35. The largest absolute Gasteiger partial charge is 0.309 e. The topological polar surface area (TPSA) is 12.0 Å². The van der Waals surface area contributed by atoms with Crippen molar-refractivity contribution < 1.29 is 0 Å². The van der Waals surface area contributed by atoms with E-state index in [4.69, 9.17) is 23.2 Å². The fraction of sp³-hybridized carbons (Fsp3) is 0.200. The predicted octanol–water partition coefficient (Wildman–Crippen LogP) is 4.61. The minimum atomic E-state index is 0.0790. The molecule has 0 aliphatic carbocycles.